The Hall–Kier alpha value is -0.650. The maximum Gasteiger partial charge on any atom is 0.239 e. The fourth-order valence-corrected chi connectivity index (χ4v) is 3.44. The molecule has 1 N–H and O–H groups in total. The molecular formula is C16H30N2O3. The normalized spacial score (nSPS) is 34.4. The summed E-state index contributed by atoms with van der Waals surface area (Å²) in [6.07, 6.45) is 2.38. The van der Waals surface area contributed by atoms with Gasteiger partial charge in [-0.05, 0) is 26.7 Å². The molecule has 0 bridgehead atoms. The van der Waals surface area contributed by atoms with Crippen molar-refractivity contribution in [3.63, 3.8) is 0 Å². The van der Waals surface area contributed by atoms with Gasteiger partial charge in [0.1, 0.15) is 0 Å². The standard InChI is InChI=1S/C16H30N2O3/c1-5-16(4)13(11-14(16)21-6-2)17-12(3)15(19)18-7-9-20-10-8-18/h12-14,17H,5-11H2,1-4H3. The van der Waals surface area contributed by atoms with Gasteiger partial charge in [0.15, 0.2) is 0 Å². The fraction of sp³-hybridized carbons (Fsp3) is 0.938. The van der Waals surface area contributed by atoms with E-state index in [4.69, 9.17) is 9.47 Å². The summed E-state index contributed by atoms with van der Waals surface area (Å²) in [5.41, 5.74) is 0.134. The minimum Gasteiger partial charge on any atom is -0.378 e. The van der Waals surface area contributed by atoms with Crippen LogP contribution in [0.3, 0.4) is 0 Å². The molecule has 5 heteroatoms. The molecule has 1 saturated carbocycles. The number of morpholine rings is 1. The molecule has 1 aliphatic heterocycles. The van der Waals surface area contributed by atoms with Crippen molar-refractivity contribution in [1.82, 2.24) is 10.2 Å². The highest BCUT2D eigenvalue weighted by Gasteiger charge is 2.51. The van der Waals surface area contributed by atoms with Crippen molar-refractivity contribution in [3.05, 3.63) is 0 Å². The molecule has 1 amide bonds. The monoisotopic (exact) mass is 298 g/mol. The van der Waals surface area contributed by atoms with Crippen LogP contribution in [-0.4, -0.2) is 61.9 Å². The van der Waals surface area contributed by atoms with Crippen LogP contribution in [0.5, 0.6) is 0 Å². The van der Waals surface area contributed by atoms with Gasteiger partial charge in [-0.1, -0.05) is 13.8 Å². The van der Waals surface area contributed by atoms with Crippen molar-refractivity contribution in [2.45, 2.75) is 58.7 Å². The number of nitrogens with one attached hydrogen (secondary N) is 1. The van der Waals surface area contributed by atoms with Crippen molar-refractivity contribution >= 4 is 5.91 Å². The van der Waals surface area contributed by atoms with E-state index in [9.17, 15) is 4.79 Å². The van der Waals surface area contributed by atoms with Crippen LogP contribution in [0.1, 0.15) is 40.5 Å². The van der Waals surface area contributed by atoms with Gasteiger partial charge in [-0.3, -0.25) is 4.79 Å². The van der Waals surface area contributed by atoms with Crippen LogP contribution in [0.2, 0.25) is 0 Å². The number of carbonyl (C=O) groups excluding carboxylic acids is 1. The number of nitrogens with zero attached hydrogens (tertiary/aromatic N) is 1. The van der Waals surface area contributed by atoms with Gasteiger partial charge in [0.25, 0.3) is 0 Å². The summed E-state index contributed by atoms with van der Waals surface area (Å²) in [4.78, 5) is 14.4. The van der Waals surface area contributed by atoms with E-state index in [1.807, 2.05) is 18.7 Å². The van der Waals surface area contributed by atoms with Gasteiger partial charge < -0.3 is 19.7 Å². The maximum absolute atomic E-state index is 12.5. The zero-order valence-electron chi connectivity index (χ0n) is 13.9. The summed E-state index contributed by atoms with van der Waals surface area (Å²) >= 11 is 0. The van der Waals surface area contributed by atoms with E-state index in [1.165, 1.54) is 0 Å². The lowest BCUT2D eigenvalue weighted by atomic mass is 9.61. The second-order valence-corrected chi connectivity index (χ2v) is 6.42. The van der Waals surface area contributed by atoms with Gasteiger partial charge in [0, 0.05) is 31.2 Å². The first-order chi connectivity index (χ1) is 10.0. The number of amides is 1. The largest absolute Gasteiger partial charge is 0.378 e. The third-order valence-electron chi connectivity index (χ3n) is 5.26. The molecule has 2 fully saturated rings. The van der Waals surface area contributed by atoms with Crippen LogP contribution in [0.25, 0.3) is 0 Å². The highest BCUT2D eigenvalue weighted by atomic mass is 16.5. The molecule has 2 aliphatic rings. The summed E-state index contributed by atoms with van der Waals surface area (Å²) in [5.74, 6) is 0.191. The maximum atomic E-state index is 12.5. The lowest BCUT2D eigenvalue weighted by Crippen LogP contribution is -2.65. The van der Waals surface area contributed by atoms with Gasteiger partial charge in [0.05, 0.1) is 25.4 Å². The van der Waals surface area contributed by atoms with E-state index in [1.54, 1.807) is 0 Å². The summed E-state index contributed by atoms with van der Waals surface area (Å²) in [5, 5.41) is 3.53. The predicted octanol–water partition coefficient (Wildman–Crippen LogP) is 1.42. The van der Waals surface area contributed by atoms with Crippen molar-refractivity contribution in [1.29, 1.82) is 0 Å². The summed E-state index contributed by atoms with van der Waals surface area (Å²) in [7, 11) is 0. The Morgan fingerprint density at radius 1 is 1.43 bits per heavy atom. The highest BCUT2D eigenvalue weighted by Crippen LogP contribution is 2.46. The smallest absolute Gasteiger partial charge is 0.239 e. The summed E-state index contributed by atoms with van der Waals surface area (Å²) in [6, 6.07) is 0.223. The zero-order valence-corrected chi connectivity index (χ0v) is 13.9. The lowest BCUT2D eigenvalue weighted by molar-refractivity contribution is -0.144. The number of rotatable bonds is 6. The number of hydrogen-bond donors (Lipinski definition) is 1. The Labute approximate surface area is 128 Å². The Bertz CT molecular complexity index is 357. The Morgan fingerprint density at radius 3 is 2.67 bits per heavy atom. The molecule has 0 spiro atoms. The van der Waals surface area contributed by atoms with Crippen LogP contribution >= 0.6 is 0 Å². The molecule has 0 aromatic heterocycles. The van der Waals surface area contributed by atoms with Crippen LogP contribution < -0.4 is 5.32 Å². The van der Waals surface area contributed by atoms with Gasteiger partial charge in [-0.15, -0.1) is 0 Å². The van der Waals surface area contributed by atoms with E-state index in [0.717, 1.165) is 19.4 Å². The van der Waals surface area contributed by atoms with Crippen molar-refractivity contribution in [2.24, 2.45) is 5.41 Å². The van der Waals surface area contributed by atoms with Crippen LogP contribution in [-0.2, 0) is 14.3 Å². The summed E-state index contributed by atoms with van der Waals surface area (Å²) in [6.45, 7) is 12.0. The first kappa shape index (κ1) is 16.7. The predicted molar refractivity (Wildman–Crippen MR) is 82.2 cm³/mol. The quantitative estimate of drug-likeness (QED) is 0.806. The molecule has 1 heterocycles. The van der Waals surface area contributed by atoms with Gasteiger partial charge >= 0.3 is 0 Å². The van der Waals surface area contributed by atoms with E-state index in [-0.39, 0.29) is 17.4 Å². The molecule has 1 aliphatic carbocycles. The second kappa shape index (κ2) is 7.07. The Morgan fingerprint density at radius 2 is 2.10 bits per heavy atom. The fourth-order valence-electron chi connectivity index (χ4n) is 3.44. The third-order valence-corrected chi connectivity index (χ3v) is 5.26. The SMILES string of the molecule is CCOC1CC(NC(C)C(=O)N2CCOCC2)C1(C)CC. The molecule has 0 radical (unpaired) electrons. The molecule has 21 heavy (non-hydrogen) atoms. The topological polar surface area (TPSA) is 50.8 Å². The van der Waals surface area contributed by atoms with Gasteiger partial charge in [-0.2, -0.15) is 0 Å². The Kier molecular flexibility index (Phi) is 5.63. The van der Waals surface area contributed by atoms with E-state index >= 15 is 0 Å². The summed E-state index contributed by atoms with van der Waals surface area (Å²) < 4.78 is 11.1. The first-order valence-electron chi connectivity index (χ1n) is 8.27. The first-order valence-corrected chi connectivity index (χ1v) is 8.27. The van der Waals surface area contributed by atoms with Gasteiger partial charge in [-0.25, -0.2) is 0 Å². The van der Waals surface area contributed by atoms with Crippen LogP contribution in [0, 0.1) is 5.41 Å². The van der Waals surface area contributed by atoms with Gasteiger partial charge in [0.2, 0.25) is 5.91 Å². The van der Waals surface area contributed by atoms with Crippen molar-refractivity contribution in [3.8, 4) is 0 Å². The molecule has 0 aromatic rings. The number of ether oxygens (including phenoxy) is 2. The number of carbonyl (C=O) groups is 1. The molecule has 4 unspecified atom stereocenters. The molecule has 5 nitrogen and oxygen atoms in total. The van der Waals surface area contributed by atoms with E-state index in [0.29, 0.717) is 38.4 Å². The molecule has 1 saturated heterocycles. The molecule has 4 atom stereocenters. The minimum atomic E-state index is -0.137. The van der Waals surface area contributed by atoms with Crippen LogP contribution in [0.15, 0.2) is 0 Å². The number of hydrogen-bond acceptors (Lipinski definition) is 4. The lowest BCUT2D eigenvalue weighted by Gasteiger charge is -2.54. The van der Waals surface area contributed by atoms with Crippen molar-refractivity contribution in [2.75, 3.05) is 32.9 Å². The molecule has 2 rings (SSSR count). The Balaban J connectivity index is 1.87. The minimum absolute atomic E-state index is 0.134. The third kappa shape index (κ3) is 3.41. The highest BCUT2D eigenvalue weighted by molar-refractivity contribution is 5.81. The molecule has 0 aromatic carbocycles. The van der Waals surface area contributed by atoms with Crippen LogP contribution in [0.4, 0.5) is 0 Å². The molecular weight excluding hydrogens is 268 g/mol. The molecule has 122 valence electrons. The van der Waals surface area contributed by atoms with Crippen molar-refractivity contribution < 1.29 is 14.3 Å². The second-order valence-electron chi connectivity index (χ2n) is 6.42. The van der Waals surface area contributed by atoms with E-state index in [2.05, 4.69) is 19.2 Å². The average Bonchev–Trinajstić information content (AvgIpc) is 2.52. The average molecular weight is 298 g/mol. The zero-order chi connectivity index (χ0) is 15.5. The van der Waals surface area contributed by atoms with E-state index < -0.39 is 0 Å².